The highest BCUT2D eigenvalue weighted by molar-refractivity contribution is 6.03. The van der Waals surface area contributed by atoms with Crippen molar-refractivity contribution in [3.8, 4) is 17.0 Å². The Labute approximate surface area is 121 Å². The molecule has 0 bridgehead atoms. The van der Waals surface area contributed by atoms with E-state index in [1.165, 1.54) is 0 Å². The number of carboxylic acids is 1. The maximum Gasteiger partial charge on any atom is 0.336 e. The molecule has 0 aliphatic rings. The lowest BCUT2D eigenvalue weighted by Crippen LogP contribution is -2.00. The highest BCUT2D eigenvalue weighted by atomic mass is 16.5. The number of nitrogens with zero attached hydrogens (tertiary/aromatic N) is 1. The molecule has 0 spiro atoms. The fourth-order valence-corrected chi connectivity index (χ4v) is 2.35. The molecule has 0 aliphatic carbocycles. The van der Waals surface area contributed by atoms with Gasteiger partial charge in [0.2, 0.25) is 0 Å². The van der Waals surface area contributed by atoms with E-state index in [0.29, 0.717) is 22.3 Å². The predicted octanol–water partition coefficient (Wildman–Crippen LogP) is 3.61. The average Bonchev–Trinajstić information content (AvgIpc) is 2.53. The number of pyridine rings is 1. The summed E-state index contributed by atoms with van der Waals surface area (Å²) in [5, 5.41) is 10.1. The van der Waals surface area contributed by atoms with Crippen LogP contribution in [0.15, 0.2) is 54.6 Å². The molecule has 2 aromatic carbocycles. The quantitative estimate of drug-likeness (QED) is 0.795. The first-order valence-corrected chi connectivity index (χ1v) is 6.47. The monoisotopic (exact) mass is 279 g/mol. The van der Waals surface area contributed by atoms with E-state index in [9.17, 15) is 9.90 Å². The molecule has 0 unspecified atom stereocenters. The van der Waals surface area contributed by atoms with Crippen LogP contribution in [0, 0.1) is 0 Å². The molecule has 0 saturated heterocycles. The van der Waals surface area contributed by atoms with Gasteiger partial charge in [-0.05, 0) is 24.3 Å². The number of rotatable bonds is 3. The lowest BCUT2D eigenvalue weighted by Gasteiger charge is -2.10. The third kappa shape index (κ3) is 2.31. The van der Waals surface area contributed by atoms with E-state index < -0.39 is 5.97 Å². The largest absolute Gasteiger partial charge is 0.496 e. The molecule has 104 valence electrons. The van der Waals surface area contributed by atoms with Gasteiger partial charge in [0.25, 0.3) is 0 Å². The number of ether oxygens (including phenoxy) is 1. The second-order valence-corrected chi connectivity index (χ2v) is 4.58. The Morgan fingerprint density at radius 1 is 1.10 bits per heavy atom. The lowest BCUT2D eigenvalue weighted by molar-refractivity contribution is 0.0699. The van der Waals surface area contributed by atoms with Crippen LogP contribution in [-0.4, -0.2) is 23.2 Å². The molecule has 4 heteroatoms. The zero-order valence-electron chi connectivity index (χ0n) is 11.4. The number of carbonyl (C=O) groups is 1. The van der Waals surface area contributed by atoms with Gasteiger partial charge in [-0.2, -0.15) is 0 Å². The summed E-state index contributed by atoms with van der Waals surface area (Å²) in [6.45, 7) is 0. The molecule has 4 nitrogen and oxygen atoms in total. The molecule has 0 aliphatic heterocycles. The van der Waals surface area contributed by atoms with Crippen LogP contribution in [0.1, 0.15) is 10.4 Å². The summed E-state index contributed by atoms with van der Waals surface area (Å²) in [6, 6.07) is 16.2. The van der Waals surface area contributed by atoms with Gasteiger partial charge in [-0.1, -0.05) is 30.3 Å². The van der Waals surface area contributed by atoms with E-state index in [4.69, 9.17) is 4.74 Å². The topological polar surface area (TPSA) is 59.4 Å². The second-order valence-electron chi connectivity index (χ2n) is 4.58. The van der Waals surface area contributed by atoms with Crippen molar-refractivity contribution >= 4 is 16.9 Å². The summed E-state index contributed by atoms with van der Waals surface area (Å²) in [4.78, 5) is 16.0. The van der Waals surface area contributed by atoms with Crippen molar-refractivity contribution in [1.82, 2.24) is 4.98 Å². The van der Waals surface area contributed by atoms with Gasteiger partial charge in [-0.15, -0.1) is 0 Å². The Hall–Kier alpha value is -2.88. The number of carboxylic acid groups (broad SMARTS) is 1. The fourth-order valence-electron chi connectivity index (χ4n) is 2.35. The minimum Gasteiger partial charge on any atom is -0.496 e. The van der Waals surface area contributed by atoms with Gasteiger partial charge in [0.05, 0.1) is 23.9 Å². The molecule has 0 radical (unpaired) electrons. The van der Waals surface area contributed by atoms with E-state index in [0.717, 1.165) is 5.56 Å². The molecular weight excluding hydrogens is 266 g/mol. The minimum atomic E-state index is -0.968. The number of aromatic nitrogens is 1. The van der Waals surface area contributed by atoms with Crippen LogP contribution in [0.2, 0.25) is 0 Å². The van der Waals surface area contributed by atoms with Crippen molar-refractivity contribution in [2.75, 3.05) is 7.11 Å². The van der Waals surface area contributed by atoms with Crippen LogP contribution in [-0.2, 0) is 0 Å². The van der Waals surface area contributed by atoms with Crippen LogP contribution in [0.25, 0.3) is 22.2 Å². The fraction of sp³-hybridized carbons (Fsp3) is 0.0588. The van der Waals surface area contributed by atoms with Crippen LogP contribution < -0.4 is 4.74 Å². The SMILES string of the molecule is COc1ccccc1-c1cc(C(=O)O)c2ccccc2n1. The zero-order valence-corrected chi connectivity index (χ0v) is 11.4. The normalized spacial score (nSPS) is 10.5. The van der Waals surface area contributed by atoms with Gasteiger partial charge in [-0.25, -0.2) is 9.78 Å². The Morgan fingerprint density at radius 2 is 1.81 bits per heavy atom. The van der Waals surface area contributed by atoms with E-state index in [1.54, 1.807) is 31.4 Å². The van der Waals surface area contributed by atoms with E-state index >= 15 is 0 Å². The number of benzene rings is 2. The van der Waals surface area contributed by atoms with Crippen molar-refractivity contribution in [1.29, 1.82) is 0 Å². The number of methoxy groups -OCH3 is 1. The van der Waals surface area contributed by atoms with Crippen molar-refractivity contribution in [2.24, 2.45) is 0 Å². The zero-order chi connectivity index (χ0) is 14.8. The first kappa shape index (κ1) is 13.1. The maximum atomic E-state index is 11.5. The molecule has 1 aromatic heterocycles. The summed E-state index contributed by atoms with van der Waals surface area (Å²) in [6.07, 6.45) is 0. The van der Waals surface area contributed by atoms with Crippen LogP contribution in [0.4, 0.5) is 0 Å². The Balaban J connectivity index is 2.31. The molecule has 21 heavy (non-hydrogen) atoms. The number of para-hydroxylation sites is 2. The van der Waals surface area contributed by atoms with Crippen molar-refractivity contribution < 1.29 is 14.6 Å². The van der Waals surface area contributed by atoms with Crippen molar-refractivity contribution in [2.45, 2.75) is 0 Å². The van der Waals surface area contributed by atoms with Gasteiger partial charge in [0.15, 0.2) is 0 Å². The third-order valence-electron chi connectivity index (χ3n) is 3.33. The van der Waals surface area contributed by atoms with Crippen LogP contribution in [0.3, 0.4) is 0 Å². The van der Waals surface area contributed by atoms with E-state index in [2.05, 4.69) is 4.98 Å². The van der Waals surface area contributed by atoms with E-state index in [1.807, 2.05) is 30.3 Å². The molecule has 0 saturated carbocycles. The van der Waals surface area contributed by atoms with Gasteiger partial charge >= 0.3 is 5.97 Å². The summed E-state index contributed by atoms with van der Waals surface area (Å²) < 4.78 is 5.32. The first-order valence-electron chi connectivity index (χ1n) is 6.47. The predicted molar refractivity (Wildman–Crippen MR) is 80.7 cm³/mol. The number of hydrogen-bond donors (Lipinski definition) is 1. The molecule has 1 N–H and O–H groups in total. The highest BCUT2D eigenvalue weighted by Crippen LogP contribution is 2.31. The summed E-state index contributed by atoms with van der Waals surface area (Å²) >= 11 is 0. The summed E-state index contributed by atoms with van der Waals surface area (Å²) in [5.41, 5.74) is 2.25. The Kier molecular flexibility index (Phi) is 3.28. The van der Waals surface area contributed by atoms with Gasteiger partial charge in [0.1, 0.15) is 5.75 Å². The molecule has 3 aromatic rings. The van der Waals surface area contributed by atoms with Crippen molar-refractivity contribution in [3.63, 3.8) is 0 Å². The smallest absolute Gasteiger partial charge is 0.336 e. The number of hydrogen-bond acceptors (Lipinski definition) is 3. The molecule has 3 rings (SSSR count). The first-order chi connectivity index (χ1) is 10.2. The average molecular weight is 279 g/mol. The third-order valence-corrected chi connectivity index (χ3v) is 3.33. The molecule has 0 atom stereocenters. The summed E-state index contributed by atoms with van der Waals surface area (Å²) in [7, 11) is 1.58. The standard InChI is InChI=1S/C17H13NO3/c1-21-16-9-5-3-7-12(16)15-10-13(17(19)20)11-6-2-4-8-14(11)18-15/h2-10H,1H3,(H,19,20). The van der Waals surface area contributed by atoms with E-state index in [-0.39, 0.29) is 5.56 Å². The second kappa shape index (κ2) is 5.25. The highest BCUT2D eigenvalue weighted by Gasteiger charge is 2.14. The molecule has 0 fully saturated rings. The number of aromatic carboxylic acids is 1. The van der Waals surface area contributed by atoms with Gasteiger partial charge < -0.3 is 9.84 Å². The number of fused-ring (bicyclic) bond motifs is 1. The molecule has 0 amide bonds. The Morgan fingerprint density at radius 3 is 2.57 bits per heavy atom. The Bertz CT molecular complexity index is 827. The van der Waals surface area contributed by atoms with Gasteiger partial charge in [-0.3, -0.25) is 0 Å². The molecule has 1 heterocycles. The minimum absolute atomic E-state index is 0.238. The van der Waals surface area contributed by atoms with Crippen LogP contribution >= 0.6 is 0 Å². The molecular formula is C17H13NO3. The maximum absolute atomic E-state index is 11.5. The van der Waals surface area contributed by atoms with Crippen LogP contribution in [0.5, 0.6) is 5.75 Å². The summed E-state index contributed by atoms with van der Waals surface area (Å²) in [5.74, 6) is -0.304. The van der Waals surface area contributed by atoms with Crippen molar-refractivity contribution in [3.05, 3.63) is 60.2 Å². The lowest BCUT2D eigenvalue weighted by atomic mass is 10.0. The van der Waals surface area contributed by atoms with Gasteiger partial charge in [0, 0.05) is 10.9 Å².